The summed E-state index contributed by atoms with van der Waals surface area (Å²) in [6, 6.07) is 7.69. The van der Waals surface area contributed by atoms with Crippen LogP contribution in [0.25, 0.3) is 10.9 Å². The molecule has 0 N–H and O–H groups in total. The quantitative estimate of drug-likeness (QED) is 0.618. The van der Waals surface area contributed by atoms with Gasteiger partial charge in [-0.25, -0.2) is 4.39 Å². The Morgan fingerprint density at radius 2 is 1.83 bits per heavy atom. The zero-order chi connectivity index (χ0) is 19.8. The lowest BCUT2D eigenvalue weighted by atomic mass is 9.81. The van der Waals surface area contributed by atoms with Gasteiger partial charge in [-0.05, 0) is 67.9 Å². The fourth-order valence-corrected chi connectivity index (χ4v) is 5.25. The lowest BCUT2D eigenvalue weighted by Gasteiger charge is -2.42. The molecule has 2 fully saturated rings. The van der Waals surface area contributed by atoms with Gasteiger partial charge < -0.3 is 9.32 Å². The standard InChI is InChI=1S/C24H28FN3O/c1-17-15-29-16-22(17)18-4-6-21(7-5-18)27-9-11-28(12-10-27)23-14-20(25)13-19-3-2-8-26-24(19)23/h2-3,8,13-16,18,21H,4-7,9-12H2,1H3. The number of nitrogens with zero attached hydrogens (tertiary/aromatic N) is 3. The van der Waals surface area contributed by atoms with Crippen molar-refractivity contribution in [1.82, 2.24) is 9.88 Å². The van der Waals surface area contributed by atoms with Gasteiger partial charge in [0.1, 0.15) is 5.82 Å². The van der Waals surface area contributed by atoms with Gasteiger partial charge in [-0.15, -0.1) is 0 Å². The highest BCUT2D eigenvalue weighted by Crippen LogP contribution is 2.37. The van der Waals surface area contributed by atoms with Crippen LogP contribution in [0, 0.1) is 12.7 Å². The molecule has 4 nitrogen and oxygen atoms in total. The maximum Gasteiger partial charge on any atom is 0.126 e. The van der Waals surface area contributed by atoms with E-state index in [-0.39, 0.29) is 5.82 Å². The third-order valence-corrected chi connectivity index (χ3v) is 6.85. The Bertz CT molecular complexity index is 985. The molecule has 3 aromatic rings. The molecule has 2 aliphatic rings. The molecule has 0 bridgehead atoms. The second-order valence-corrected chi connectivity index (χ2v) is 8.54. The first-order chi connectivity index (χ1) is 14.2. The Morgan fingerprint density at radius 1 is 1.03 bits per heavy atom. The molecule has 5 heteroatoms. The van der Waals surface area contributed by atoms with Crippen molar-refractivity contribution in [2.75, 3.05) is 31.1 Å². The molecule has 152 valence electrons. The van der Waals surface area contributed by atoms with Crippen LogP contribution in [0.5, 0.6) is 0 Å². The van der Waals surface area contributed by atoms with Crippen LogP contribution in [0.4, 0.5) is 10.1 Å². The molecule has 0 radical (unpaired) electrons. The number of fused-ring (bicyclic) bond motifs is 1. The molecule has 1 aromatic carbocycles. The second-order valence-electron chi connectivity index (χ2n) is 8.54. The molecule has 1 saturated heterocycles. The Hall–Kier alpha value is -2.40. The third kappa shape index (κ3) is 3.64. The summed E-state index contributed by atoms with van der Waals surface area (Å²) in [7, 11) is 0. The summed E-state index contributed by atoms with van der Waals surface area (Å²) in [6.07, 6.45) is 10.6. The number of rotatable bonds is 3. The molecule has 1 saturated carbocycles. The molecule has 0 atom stereocenters. The molecular weight excluding hydrogens is 365 g/mol. The van der Waals surface area contributed by atoms with Crippen molar-refractivity contribution < 1.29 is 8.81 Å². The largest absolute Gasteiger partial charge is 0.472 e. The molecule has 0 spiro atoms. The average molecular weight is 394 g/mol. The van der Waals surface area contributed by atoms with Gasteiger partial charge in [-0.3, -0.25) is 9.88 Å². The van der Waals surface area contributed by atoms with Crippen LogP contribution in [0.15, 0.2) is 47.4 Å². The normalized spacial score (nSPS) is 23.6. The Balaban J connectivity index is 1.22. The van der Waals surface area contributed by atoms with Crippen molar-refractivity contribution >= 4 is 16.6 Å². The average Bonchev–Trinajstić information content (AvgIpc) is 3.19. The number of aromatic nitrogens is 1. The predicted molar refractivity (Wildman–Crippen MR) is 114 cm³/mol. The number of anilines is 1. The maximum absolute atomic E-state index is 14.1. The summed E-state index contributed by atoms with van der Waals surface area (Å²) >= 11 is 0. The van der Waals surface area contributed by atoms with Crippen LogP contribution in [0.1, 0.15) is 42.7 Å². The lowest BCUT2D eigenvalue weighted by molar-refractivity contribution is 0.141. The van der Waals surface area contributed by atoms with E-state index in [4.69, 9.17) is 4.42 Å². The molecule has 1 aliphatic heterocycles. The van der Waals surface area contributed by atoms with E-state index in [1.54, 1.807) is 18.3 Å². The highest BCUT2D eigenvalue weighted by atomic mass is 19.1. The molecule has 0 amide bonds. The van der Waals surface area contributed by atoms with Crippen LogP contribution < -0.4 is 4.90 Å². The number of halogens is 1. The van der Waals surface area contributed by atoms with E-state index in [1.807, 2.05) is 24.7 Å². The van der Waals surface area contributed by atoms with E-state index in [2.05, 4.69) is 21.7 Å². The van der Waals surface area contributed by atoms with Gasteiger partial charge in [0.05, 0.1) is 23.7 Å². The van der Waals surface area contributed by atoms with Crippen molar-refractivity contribution in [2.24, 2.45) is 0 Å². The predicted octanol–water partition coefficient (Wildman–Crippen LogP) is 5.12. The van der Waals surface area contributed by atoms with Crippen LogP contribution in [0.3, 0.4) is 0 Å². The minimum atomic E-state index is -0.184. The highest BCUT2D eigenvalue weighted by Gasteiger charge is 2.30. The number of furan rings is 1. The van der Waals surface area contributed by atoms with E-state index >= 15 is 0 Å². The zero-order valence-corrected chi connectivity index (χ0v) is 17.0. The van der Waals surface area contributed by atoms with Crippen LogP contribution in [-0.2, 0) is 0 Å². The lowest BCUT2D eigenvalue weighted by Crippen LogP contribution is -2.51. The van der Waals surface area contributed by atoms with Gasteiger partial charge in [0.15, 0.2) is 0 Å². The van der Waals surface area contributed by atoms with E-state index < -0.39 is 0 Å². The SMILES string of the molecule is Cc1cocc1C1CCC(N2CCN(c3cc(F)cc4cccnc34)CC2)CC1. The second kappa shape index (κ2) is 7.79. The summed E-state index contributed by atoms with van der Waals surface area (Å²) in [5.74, 6) is 0.465. The molecule has 2 aromatic heterocycles. The molecule has 29 heavy (non-hydrogen) atoms. The molecule has 5 rings (SSSR count). The van der Waals surface area contributed by atoms with Gasteiger partial charge in [-0.2, -0.15) is 0 Å². The number of hydrogen-bond donors (Lipinski definition) is 0. The van der Waals surface area contributed by atoms with Gasteiger partial charge in [0.25, 0.3) is 0 Å². The van der Waals surface area contributed by atoms with Crippen molar-refractivity contribution in [3.63, 3.8) is 0 Å². The fraction of sp³-hybridized carbons (Fsp3) is 0.458. The van der Waals surface area contributed by atoms with Crippen LogP contribution >= 0.6 is 0 Å². The van der Waals surface area contributed by atoms with Crippen molar-refractivity contribution in [3.05, 3.63) is 59.9 Å². The number of piperazine rings is 1. The summed E-state index contributed by atoms with van der Waals surface area (Å²) in [6.45, 7) is 6.07. The topological polar surface area (TPSA) is 32.5 Å². The fourth-order valence-electron chi connectivity index (χ4n) is 5.25. The minimum Gasteiger partial charge on any atom is -0.472 e. The summed E-state index contributed by atoms with van der Waals surface area (Å²) < 4.78 is 19.5. The van der Waals surface area contributed by atoms with E-state index in [9.17, 15) is 4.39 Å². The van der Waals surface area contributed by atoms with Crippen molar-refractivity contribution in [1.29, 1.82) is 0 Å². The summed E-state index contributed by atoms with van der Waals surface area (Å²) in [5.41, 5.74) is 4.52. The minimum absolute atomic E-state index is 0.184. The van der Waals surface area contributed by atoms with Gasteiger partial charge >= 0.3 is 0 Å². The highest BCUT2D eigenvalue weighted by molar-refractivity contribution is 5.90. The van der Waals surface area contributed by atoms with E-state index in [0.717, 1.165) is 42.8 Å². The molecule has 3 heterocycles. The Morgan fingerprint density at radius 3 is 2.55 bits per heavy atom. The van der Waals surface area contributed by atoms with E-state index in [1.165, 1.54) is 36.8 Å². The Kier molecular flexibility index (Phi) is 5.00. The van der Waals surface area contributed by atoms with E-state index in [0.29, 0.717) is 12.0 Å². The first kappa shape index (κ1) is 18.6. The number of hydrogen-bond acceptors (Lipinski definition) is 4. The number of pyridine rings is 1. The summed E-state index contributed by atoms with van der Waals surface area (Å²) in [5, 5.41) is 0.873. The Labute approximate surface area is 171 Å². The molecular formula is C24H28FN3O. The van der Waals surface area contributed by atoms with Crippen LogP contribution in [0.2, 0.25) is 0 Å². The van der Waals surface area contributed by atoms with Gasteiger partial charge in [-0.1, -0.05) is 6.07 Å². The van der Waals surface area contributed by atoms with Crippen molar-refractivity contribution in [2.45, 2.75) is 44.6 Å². The third-order valence-electron chi connectivity index (χ3n) is 6.85. The first-order valence-electron chi connectivity index (χ1n) is 10.7. The van der Waals surface area contributed by atoms with Gasteiger partial charge in [0, 0.05) is 43.8 Å². The molecule has 0 unspecified atom stereocenters. The smallest absolute Gasteiger partial charge is 0.126 e. The summed E-state index contributed by atoms with van der Waals surface area (Å²) in [4.78, 5) is 9.46. The monoisotopic (exact) mass is 393 g/mol. The van der Waals surface area contributed by atoms with Gasteiger partial charge in [0.2, 0.25) is 0 Å². The zero-order valence-electron chi connectivity index (χ0n) is 17.0. The van der Waals surface area contributed by atoms with Crippen LogP contribution in [-0.4, -0.2) is 42.1 Å². The number of aryl methyl sites for hydroxylation is 1. The van der Waals surface area contributed by atoms with Crippen molar-refractivity contribution in [3.8, 4) is 0 Å². The first-order valence-corrected chi connectivity index (χ1v) is 10.7. The number of benzene rings is 1. The maximum atomic E-state index is 14.1. The molecule has 1 aliphatic carbocycles.